The molecule has 1 aliphatic rings. The maximum atomic E-state index is 12.2. The van der Waals surface area contributed by atoms with E-state index >= 15 is 0 Å². The molecule has 0 unspecified atom stereocenters. The number of carbonyl (C=O) groups is 1. The fourth-order valence-electron chi connectivity index (χ4n) is 2.65. The topological polar surface area (TPSA) is 61.0 Å². The lowest BCUT2D eigenvalue weighted by Crippen LogP contribution is -2.32. The zero-order valence-corrected chi connectivity index (χ0v) is 14.7. The summed E-state index contributed by atoms with van der Waals surface area (Å²) < 4.78 is 0.434. The third-order valence-electron chi connectivity index (χ3n) is 4.10. The molecular formula is C16H20N4OS2. The van der Waals surface area contributed by atoms with Crippen LogP contribution in [0.25, 0.3) is 0 Å². The van der Waals surface area contributed by atoms with Crippen molar-refractivity contribution in [3.63, 3.8) is 0 Å². The number of nitrogens with zero attached hydrogens (tertiary/aromatic N) is 2. The number of thiazole rings is 1. The van der Waals surface area contributed by atoms with Crippen molar-refractivity contribution in [2.45, 2.75) is 26.3 Å². The lowest BCUT2D eigenvalue weighted by molar-refractivity contribution is 0.102. The van der Waals surface area contributed by atoms with Crippen molar-refractivity contribution in [3.05, 3.63) is 39.6 Å². The van der Waals surface area contributed by atoms with Gasteiger partial charge >= 0.3 is 0 Å². The minimum absolute atomic E-state index is 0.223. The quantitative estimate of drug-likeness (QED) is 0.828. The Morgan fingerprint density at radius 1 is 1.52 bits per heavy atom. The molecule has 2 aromatic heterocycles. The highest BCUT2D eigenvalue weighted by molar-refractivity contribution is 7.71. The van der Waals surface area contributed by atoms with E-state index in [1.165, 1.54) is 24.2 Å². The van der Waals surface area contributed by atoms with Crippen LogP contribution < -0.4 is 5.32 Å². The summed E-state index contributed by atoms with van der Waals surface area (Å²) in [5, 5.41) is 5.46. The van der Waals surface area contributed by atoms with Crippen molar-refractivity contribution in [1.29, 1.82) is 0 Å². The minimum atomic E-state index is -0.223. The Hall–Kier alpha value is -1.57. The van der Waals surface area contributed by atoms with Crippen LogP contribution >= 0.6 is 23.6 Å². The first-order valence-corrected chi connectivity index (χ1v) is 9.06. The standard InChI is InChI=1S/C16H20N4OS2/c1-11-4-7-20(8-5-11)9-12-10-23-16(18-12)19-14(21)13-3-2-6-17-15(13)22/h2-3,6,10-11H,4-5,7-9H2,1H3,(H,17,22)(H,18,19,21). The van der Waals surface area contributed by atoms with Gasteiger partial charge in [-0.05, 0) is 44.0 Å². The predicted octanol–water partition coefficient (Wildman–Crippen LogP) is 3.68. The predicted molar refractivity (Wildman–Crippen MR) is 95.4 cm³/mol. The van der Waals surface area contributed by atoms with Crippen molar-refractivity contribution in [2.24, 2.45) is 5.92 Å². The van der Waals surface area contributed by atoms with E-state index in [2.05, 4.69) is 27.1 Å². The third-order valence-corrected chi connectivity index (χ3v) is 5.24. The van der Waals surface area contributed by atoms with E-state index in [4.69, 9.17) is 12.2 Å². The highest BCUT2D eigenvalue weighted by Gasteiger charge is 2.17. The summed E-state index contributed by atoms with van der Waals surface area (Å²) in [6.07, 6.45) is 4.21. The lowest BCUT2D eigenvalue weighted by Gasteiger charge is -2.29. The van der Waals surface area contributed by atoms with Crippen LogP contribution in [0.3, 0.4) is 0 Å². The summed E-state index contributed by atoms with van der Waals surface area (Å²) in [7, 11) is 0. The number of amides is 1. The maximum Gasteiger partial charge on any atom is 0.260 e. The molecule has 0 bridgehead atoms. The molecule has 3 rings (SSSR count). The minimum Gasteiger partial charge on any atom is -0.352 e. The molecule has 5 nitrogen and oxygen atoms in total. The summed E-state index contributed by atoms with van der Waals surface area (Å²) in [6, 6.07) is 3.47. The zero-order valence-electron chi connectivity index (χ0n) is 13.0. The third kappa shape index (κ3) is 4.25. The Balaban J connectivity index is 1.60. The van der Waals surface area contributed by atoms with Gasteiger partial charge in [-0.1, -0.05) is 19.1 Å². The molecule has 23 heavy (non-hydrogen) atoms. The van der Waals surface area contributed by atoms with Gasteiger partial charge in [0.15, 0.2) is 5.13 Å². The number of hydrogen-bond donors (Lipinski definition) is 2. The van der Waals surface area contributed by atoms with Crippen molar-refractivity contribution >= 4 is 34.6 Å². The van der Waals surface area contributed by atoms with E-state index in [-0.39, 0.29) is 5.91 Å². The first-order valence-electron chi connectivity index (χ1n) is 7.77. The van der Waals surface area contributed by atoms with Gasteiger partial charge in [-0.3, -0.25) is 15.0 Å². The molecule has 0 aromatic carbocycles. The number of anilines is 1. The van der Waals surface area contributed by atoms with Crippen molar-refractivity contribution in [2.75, 3.05) is 18.4 Å². The fourth-order valence-corrected chi connectivity index (χ4v) is 3.58. The molecule has 0 aliphatic carbocycles. The van der Waals surface area contributed by atoms with Gasteiger partial charge in [-0.2, -0.15) is 0 Å². The van der Waals surface area contributed by atoms with Gasteiger partial charge in [-0.25, -0.2) is 4.98 Å². The second-order valence-corrected chi connectivity index (χ2v) is 7.24. The van der Waals surface area contributed by atoms with Crippen molar-refractivity contribution < 1.29 is 4.79 Å². The molecule has 0 atom stereocenters. The number of hydrogen-bond acceptors (Lipinski definition) is 5. The highest BCUT2D eigenvalue weighted by atomic mass is 32.1. The van der Waals surface area contributed by atoms with E-state index in [1.807, 2.05) is 5.38 Å². The first kappa shape index (κ1) is 16.3. The molecule has 1 saturated heterocycles. The molecule has 0 spiro atoms. The number of nitrogens with one attached hydrogen (secondary N) is 2. The normalized spacial score (nSPS) is 16.4. The van der Waals surface area contributed by atoms with Gasteiger partial charge in [0.05, 0.1) is 11.3 Å². The van der Waals surface area contributed by atoms with Gasteiger partial charge in [0, 0.05) is 18.1 Å². The molecule has 2 aromatic rings. The van der Waals surface area contributed by atoms with Gasteiger partial charge in [0.2, 0.25) is 0 Å². The average Bonchev–Trinajstić information content (AvgIpc) is 2.97. The Labute approximate surface area is 144 Å². The van der Waals surface area contributed by atoms with Gasteiger partial charge < -0.3 is 4.98 Å². The Bertz CT molecular complexity index is 731. The number of pyridine rings is 1. The average molecular weight is 348 g/mol. The second kappa shape index (κ2) is 7.33. The number of aromatic amines is 1. The molecule has 1 amide bonds. The highest BCUT2D eigenvalue weighted by Crippen LogP contribution is 2.21. The SMILES string of the molecule is CC1CCN(Cc2csc(NC(=O)c3ccc[nH]c3=S)n2)CC1. The molecule has 7 heteroatoms. The summed E-state index contributed by atoms with van der Waals surface area (Å²) in [4.78, 5) is 22.0. The summed E-state index contributed by atoms with van der Waals surface area (Å²) >= 11 is 6.58. The number of aromatic nitrogens is 2. The second-order valence-electron chi connectivity index (χ2n) is 5.97. The molecule has 2 N–H and O–H groups in total. The maximum absolute atomic E-state index is 12.2. The van der Waals surface area contributed by atoms with Crippen LogP contribution in [0.15, 0.2) is 23.7 Å². The largest absolute Gasteiger partial charge is 0.352 e. The Morgan fingerprint density at radius 3 is 3.04 bits per heavy atom. The van der Waals surface area contributed by atoms with Gasteiger partial charge in [0.1, 0.15) is 4.64 Å². The molecule has 1 fully saturated rings. The van der Waals surface area contributed by atoms with Crippen LogP contribution in [0.1, 0.15) is 35.8 Å². The summed E-state index contributed by atoms with van der Waals surface area (Å²) in [5.41, 5.74) is 1.47. The van der Waals surface area contributed by atoms with E-state index in [0.29, 0.717) is 15.3 Å². The van der Waals surface area contributed by atoms with E-state index in [0.717, 1.165) is 31.2 Å². The number of rotatable bonds is 4. The zero-order chi connectivity index (χ0) is 16.2. The lowest BCUT2D eigenvalue weighted by atomic mass is 9.99. The number of carbonyl (C=O) groups excluding carboxylic acids is 1. The van der Waals surface area contributed by atoms with Crippen LogP contribution in [0, 0.1) is 10.6 Å². The first-order chi connectivity index (χ1) is 11.1. The molecule has 0 saturated carbocycles. The Kier molecular flexibility index (Phi) is 5.20. The summed E-state index contributed by atoms with van der Waals surface area (Å²) in [5.74, 6) is 0.603. The molecule has 0 radical (unpaired) electrons. The Morgan fingerprint density at radius 2 is 2.30 bits per heavy atom. The van der Waals surface area contributed by atoms with Crippen LogP contribution in [-0.4, -0.2) is 33.9 Å². The van der Waals surface area contributed by atoms with E-state index < -0.39 is 0 Å². The fraction of sp³-hybridized carbons (Fsp3) is 0.438. The number of likely N-dealkylation sites (tertiary alicyclic amines) is 1. The molecular weight excluding hydrogens is 328 g/mol. The summed E-state index contributed by atoms with van der Waals surface area (Å²) in [6.45, 7) is 5.41. The van der Waals surface area contributed by atoms with E-state index in [9.17, 15) is 4.79 Å². The number of piperidine rings is 1. The van der Waals surface area contributed by atoms with Gasteiger partial charge in [-0.15, -0.1) is 11.3 Å². The molecule has 122 valence electrons. The van der Waals surface area contributed by atoms with Crippen molar-refractivity contribution in [3.8, 4) is 0 Å². The smallest absolute Gasteiger partial charge is 0.260 e. The monoisotopic (exact) mass is 348 g/mol. The van der Waals surface area contributed by atoms with Crippen LogP contribution in [0.4, 0.5) is 5.13 Å². The van der Waals surface area contributed by atoms with Crippen molar-refractivity contribution in [1.82, 2.24) is 14.9 Å². The van der Waals surface area contributed by atoms with Crippen LogP contribution in [0.2, 0.25) is 0 Å². The molecule has 1 aliphatic heterocycles. The van der Waals surface area contributed by atoms with Crippen LogP contribution in [-0.2, 0) is 6.54 Å². The molecule has 3 heterocycles. The van der Waals surface area contributed by atoms with Crippen LogP contribution in [0.5, 0.6) is 0 Å². The van der Waals surface area contributed by atoms with Gasteiger partial charge in [0.25, 0.3) is 5.91 Å². The number of H-pyrrole nitrogens is 1. The van der Waals surface area contributed by atoms with E-state index in [1.54, 1.807) is 18.3 Å².